The van der Waals surface area contributed by atoms with Crippen LogP contribution in [0.3, 0.4) is 0 Å². The van der Waals surface area contributed by atoms with E-state index in [1.807, 2.05) is 62.4 Å². The van der Waals surface area contributed by atoms with Crippen LogP contribution in [0.2, 0.25) is 0 Å². The van der Waals surface area contributed by atoms with E-state index in [0.29, 0.717) is 13.1 Å². The van der Waals surface area contributed by atoms with Crippen LogP contribution in [0.15, 0.2) is 48.5 Å². The Morgan fingerprint density at radius 2 is 1.51 bits per heavy atom. The third-order valence-corrected chi connectivity index (χ3v) is 6.51. The van der Waals surface area contributed by atoms with Crippen molar-refractivity contribution < 1.29 is 19.1 Å². The predicted molar refractivity (Wildman–Crippen MR) is 156 cm³/mol. The summed E-state index contributed by atoms with van der Waals surface area (Å²) in [5.74, 6) is -0.516. The van der Waals surface area contributed by atoms with Crippen LogP contribution in [0.1, 0.15) is 88.6 Å². The predicted octanol–water partition coefficient (Wildman–Crippen LogP) is 6.03. The summed E-state index contributed by atoms with van der Waals surface area (Å²) in [5.41, 5.74) is 2.90. The number of unbranched alkanes of at least 4 members (excludes halogenated alkanes) is 2. The molecule has 0 bridgehead atoms. The highest BCUT2D eigenvalue weighted by molar-refractivity contribution is 5.92. The number of hydrogen-bond donors (Lipinski definition) is 2. The van der Waals surface area contributed by atoms with Crippen molar-refractivity contribution in [1.82, 2.24) is 15.5 Å². The highest BCUT2D eigenvalue weighted by Gasteiger charge is 2.37. The monoisotopic (exact) mass is 537 g/mol. The molecular formula is C32H47N3O4. The van der Waals surface area contributed by atoms with Crippen molar-refractivity contribution >= 4 is 17.9 Å². The summed E-state index contributed by atoms with van der Waals surface area (Å²) in [4.78, 5) is 42.7. The highest BCUT2D eigenvalue weighted by atomic mass is 16.6. The molecule has 0 aliphatic carbocycles. The number of aryl methyl sites for hydroxylation is 2. The standard InChI is InChI=1S/C32H47N3O4/c1-8-10-20-33-29(36)28(27-23(3)16-15-17-24(27)4)35(21-11-9-2)30(37)26(22-25-18-13-12-14-19-25)34-31(38)39-32(5,6)7/h12-19,26,28H,8-11,20-22H2,1-7H3,(H,33,36)(H,34,38). The van der Waals surface area contributed by atoms with Crippen molar-refractivity contribution in [1.29, 1.82) is 0 Å². The summed E-state index contributed by atoms with van der Waals surface area (Å²) in [6, 6.07) is 13.7. The average molecular weight is 538 g/mol. The lowest BCUT2D eigenvalue weighted by molar-refractivity contribution is -0.142. The molecule has 0 fully saturated rings. The third-order valence-electron chi connectivity index (χ3n) is 6.51. The van der Waals surface area contributed by atoms with Crippen LogP contribution in [0.5, 0.6) is 0 Å². The van der Waals surface area contributed by atoms with Crippen molar-refractivity contribution in [2.45, 2.75) is 98.3 Å². The molecule has 0 aliphatic rings. The molecule has 2 rings (SSSR count). The first-order valence-electron chi connectivity index (χ1n) is 14.2. The fraction of sp³-hybridized carbons (Fsp3) is 0.531. The number of alkyl carbamates (subject to hydrolysis) is 1. The summed E-state index contributed by atoms with van der Waals surface area (Å²) in [6.45, 7) is 14.3. The normalized spacial score (nSPS) is 12.8. The molecule has 39 heavy (non-hydrogen) atoms. The molecule has 0 saturated carbocycles. The van der Waals surface area contributed by atoms with Crippen LogP contribution in [0.4, 0.5) is 4.79 Å². The first-order valence-corrected chi connectivity index (χ1v) is 14.2. The molecule has 2 atom stereocenters. The number of carbonyl (C=O) groups is 3. The van der Waals surface area contributed by atoms with Crippen LogP contribution in [-0.4, -0.2) is 47.5 Å². The summed E-state index contributed by atoms with van der Waals surface area (Å²) in [7, 11) is 0. The number of rotatable bonds is 13. The zero-order chi connectivity index (χ0) is 29.0. The molecule has 0 aliphatic heterocycles. The number of nitrogens with zero attached hydrogens (tertiary/aromatic N) is 1. The second kappa shape index (κ2) is 15.3. The molecule has 0 radical (unpaired) electrons. The maximum Gasteiger partial charge on any atom is 0.408 e. The van der Waals surface area contributed by atoms with Gasteiger partial charge in [0, 0.05) is 19.5 Å². The van der Waals surface area contributed by atoms with Crippen molar-refractivity contribution in [3.8, 4) is 0 Å². The van der Waals surface area contributed by atoms with Crippen LogP contribution in [0.25, 0.3) is 0 Å². The zero-order valence-electron chi connectivity index (χ0n) is 24.8. The van der Waals surface area contributed by atoms with Gasteiger partial charge in [-0.05, 0) is 69.7 Å². The van der Waals surface area contributed by atoms with Crippen LogP contribution in [-0.2, 0) is 20.7 Å². The van der Waals surface area contributed by atoms with Crippen molar-refractivity contribution in [2.24, 2.45) is 0 Å². The number of carbonyl (C=O) groups excluding carboxylic acids is 3. The van der Waals surface area contributed by atoms with Gasteiger partial charge in [0.1, 0.15) is 17.7 Å². The van der Waals surface area contributed by atoms with Crippen LogP contribution in [0, 0.1) is 13.8 Å². The van der Waals surface area contributed by atoms with E-state index in [1.165, 1.54) is 0 Å². The lowest BCUT2D eigenvalue weighted by Crippen LogP contribution is -2.54. The molecule has 2 unspecified atom stereocenters. The maximum atomic E-state index is 14.4. The summed E-state index contributed by atoms with van der Waals surface area (Å²) >= 11 is 0. The minimum Gasteiger partial charge on any atom is -0.444 e. The molecule has 2 N–H and O–H groups in total. The molecule has 214 valence electrons. The molecule has 7 nitrogen and oxygen atoms in total. The van der Waals surface area contributed by atoms with Gasteiger partial charge in [-0.15, -0.1) is 0 Å². The third kappa shape index (κ3) is 10.0. The fourth-order valence-electron chi connectivity index (χ4n) is 4.57. The second-order valence-electron chi connectivity index (χ2n) is 11.1. The topological polar surface area (TPSA) is 87.7 Å². The van der Waals surface area contributed by atoms with Gasteiger partial charge in [-0.1, -0.05) is 75.2 Å². The molecule has 3 amide bonds. The molecule has 2 aromatic rings. The summed E-state index contributed by atoms with van der Waals surface area (Å²) in [5, 5.41) is 5.89. The van der Waals surface area contributed by atoms with Gasteiger partial charge in [0.2, 0.25) is 11.8 Å². The van der Waals surface area contributed by atoms with Gasteiger partial charge in [-0.3, -0.25) is 9.59 Å². The van der Waals surface area contributed by atoms with Gasteiger partial charge < -0.3 is 20.3 Å². The van der Waals surface area contributed by atoms with Gasteiger partial charge in [-0.25, -0.2) is 4.79 Å². The van der Waals surface area contributed by atoms with E-state index in [-0.39, 0.29) is 18.2 Å². The fourth-order valence-corrected chi connectivity index (χ4v) is 4.57. The van der Waals surface area contributed by atoms with Crippen LogP contribution >= 0.6 is 0 Å². The SMILES string of the molecule is CCCCNC(=O)C(c1c(C)cccc1C)N(CCCC)C(=O)C(Cc1ccccc1)NC(=O)OC(C)(C)C. The smallest absolute Gasteiger partial charge is 0.408 e. The second-order valence-corrected chi connectivity index (χ2v) is 11.1. The Bertz CT molecular complexity index is 1060. The molecule has 0 heterocycles. The van der Waals surface area contributed by atoms with E-state index < -0.39 is 23.8 Å². The van der Waals surface area contributed by atoms with Gasteiger partial charge in [0.15, 0.2) is 0 Å². The highest BCUT2D eigenvalue weighted by Crippen LogP contribution is 2.29. The van der Waals surface area contributed by atoms with Gasteiger partial charge >= 0.3 is 6.09 Å². The van der Waals surface area contributed by atoms with E-state index in [1.54, 1.807) is 25.7 Å². The van der Waals surface area contributed by atoms with Crippen molar-refractivity contribution in [2.75, 3.05) is 13.1 Å². The van der Waals surface area contributed by atoms with Gasteiger partial charge in [0.05, 0.1) is 0 Å². The Morgan fingerprint density at radius 1 is 0.897 bits per heavy atom. The minimum absolute atomic E-state index is 0.207. The first kappa shape index (κ1) is 31.9. The Kier molecular flexibility index (Phi) is 12.5. The lowest BCUT2D eigenvalue weighted by atomic mass is 9.93. The zero-order valence-corrected chi connectivity index (χ0v) is 24.8. The van der Waals surface area contributed by atoms with Crippen molar-refractivity contribution in [3.05, 3.63) is 70.8 Å². The number of amides is 3. The number of ether oxygens (including phenoxy) is 1. The average Bonchev–Trinajstić information content (AvgIpc) is 2.86. The van der Waals surface area contributed by atoms with Crippen molar-refractivity contribution in [3.63, 3.8) is 0 Å². The van der Waals surface area contributed by atoms with E-state index in [4.69, 9.17) is 4.74 Å². The summed E-state index contributed by atoms with van der Waals surface area (Å²) in [6.07, 6.45) is 2.99. The van der Waals surface area contributed by atoms with E-state index >= 15 is 0 Å². The Morgan fingerprint density at radius 3 is 2.08 bits per heavy atom. The molecular weight excluding hydrogens is 490 g/mol. The summed E-state index contributed by atoms with van der Waals surface area (Å²) < 4.78 is 5.51. The van der Waals surface area contributed by atoms with E-state index in [2.05, 4.69) is 24.5 Å². The Hall–Kier alpha value is -3.35. The largest absolute Gasteiger partial charge is 0.444 e. The van der Waals surface area contributed by atoms with Crippen LogP contribution < -0.4 is 10.6 Å². The molecule has 2 aromatic carbocycles. The number of hydrogen-bond acceptors (Lipinski definition) is 4. The quantitative estimate of drug-likeness (QED) is 0.306. The Labute approximate surface area is 234 Å². The van der Waals surface area contributed by atoms with Gasteiger partial charge in [0.25, 0.3) is 0 Å². The first-order chi connectivity index (χ1) is 18.5. The number of nitrogens with one attached hydrogen (secondary N) is 2. The molecule has 0 saturated heterocycles. The Balaban J connectivity index is 2.57. The number of benzene rings is 2. The molecule has 0 spiro atoms. The maximum absolute atomic E-state index is 14.4. The van der Waals surface area contributed by atoms with E-state index in [0.717, 1.165) is 47.9 Å². The molecule has 7 heteroatoms. The van der Waals surface area contributed by atoms with Gasteiger partial charge in [-0.2, -0.15) is 0 Å². The lowest BCUT2D eigenvalue weighted by Gasteiger charge is -2.36. The molecule has 0 aromatic heterocycles. The van der Waals surface area contributed by atoms with E-state index in [9.17, 15) is 14.4 Å². The minimum atomic E-state index is -0.908.